The summed E-state index contributed by atoms with van der Waals surface area (Å²) in [6.45, 7) is 1.84. The van der Waals surface area contributed by atoms with Crippen LogP contribution in [-0.2, 0) is 0 Å². The summed E-state index contributed by atoms with van der Waals surface area (Å²) in [6, 6.07) is 5.91. The molecule has 0 aliphatic heterocycles. The normalized spacial score (nSPS) is 25.0. The van der Waals surface area contributed by atoms with Gasteiger partial charge in [-0.15, -0.1) is 0 Å². The first-order chi connectivity index (χ1) is 7.69. The highest BCUT2D eigenvalue weighted by Gasteiger charge is 2.43. The predicted molar refractivity (Wildman–Crippen MR) is 62.1 cm³/mol. The van der Waals surface area contributed by atoms with Gasteiger partial charge in [0, 0.05) is 5.56 Å². The highest BCUT2D eigenvalue weighted by atomic mass is 16.5. The van der Waals surface area contributed by atoms with E-state index >= 15 is 0 Å². The largest absolute Gasteiger partial charge is 0.493 e. The Morgan fingerprint density at radius 2 is 2.06 bits per heavy atom. The molecule has 16 heavy (non-hydrogen) atoms. The van der Waals surface area contributed by atoms with Gasteiger partial charge in [0.15, 0.2) is 11.5 Å². The highest BCUT2D eigenvalue weighted by molar-refractivity contribution is 5.50. The van der Waals surface area contributed by atoms with Gasteiger partial charge < -0.3 is 14.6 Å². The molecule has 3 nitrogen and oxygen atoms in total. The maximum atomic E-state index is 9.54. The molecule has 0 heterocycles. The van der Waals surface area contributed by atoms with Gasteiger partial charge in [-0.1, -0.05) is 12.1 Å². The topological polar surface area (TPSA) is 38.7 Å². The van der Waals surface area contributed by atoms with Crippen LogP contribution >= 0.6 is 0 Å². The molecule has 0 amide bonds. The zero-order valence-corrected chi connectivity index (χ0v) is 9.93. The zero-order valence-electron chi connectivity index (χ0n) is 9.93. The van der Waals surface area contributed by atoms with Crippen LogP contribution in [0.5, 0.6) is 11.5 Å². The van der Waals surface area contributed by atoms with Crippen LogP contribution in [0.25, 0.3) is 0 Å². The SMILES string of the molecule is COc1cccc(C2CC2C(C)O)c1OC. The Morgan fingerprint density at radius 3 is 2.56 bits per heavy atom. The van der Waals surface area contributed by atoms with Gasteiger partial charge in [0.25, 0.3) is 0 Å². The summed E-state index contributed by atoms with van der Waals surface area (Å²) in [5.41, 5.74) is 1.15. The van der Waals surface area contributed by atoms with E-state index in [0.717, 1.165) is 23.5 Å². The third-order valence-electron chi connectivity index (χ3n) is 3.29. The lowest BCUT2D eigenvalue weighted by Gasteiger charge is -2.12. The quantitative estimate of drug-likeness (QED) is 0.848. The van der Waals surface area contributed by atoms with Crippen molar-refractivity contribution in [1.82, 2.24) is 0 Å². The minimum atomic E-state index is -0.249. The van der Waals surface area contributed by atoms with E-state index in [0.29, 0.717) is 11.8 Å². The third kappa shape index (κ3) is 1.87. The van der Waals surface area contributed by atoms with E-state index in [-0.39, 0.29) is 6.10 Å². The summed E-state index contributed by atoms with van der Waals surface area (Å²) in [4.78, 5) is 0. The van der Waals surface area contributed by atoms with Gasteiger partial charge in [-0.05, 0) is 31.2 Å². The van der Waals surface area contributed by atoms with Crippen molar-refractivity contribution in [2.24, 2.45) is 5.92 Å². The molecule has 2 rings (SSSR count). The van der Waals surface area contributed by atoms with Crippen molar-refractivity contribution in [3.8, 4) is 11.5 Å². The fraction of sp³-hybridized carbons (Fsp3) is 0.538. The summed E-state index contributed by atoms with van der Waals surface area (Å²) in [5.74, 6) is 2.33. The lowest BCUT2D eigenvalue weighted by molar-refractivity contribution is 0.168. The van der Waals surface area contributed by atoms with Gasteiger partial charge >= 0.3 is 0 Å². The molecule has 0 bridgehead atoms. The number of rotatable bonds is 4. The number of para-hydroxylation sites is 1. The minimum absolute atomic E-state index is 0.249. The first kappa shape index (κ1) is 11.3. The standard InChI is InChI=1S/C13H18O3/c1-8(14)10-7-11(10)9-5-4-6-12(15-2)13(9)16-3/h4-6,8,10-11,14H,7H2,1-3H3. The van der Waals surface area contributed by atoms with E-state index in [4.69, 9.17) is 9.47 Å². The molecule has 88 valence electrons. The number of ether oxygens (including phenoxy) is 2. The van der Waals surface area contributed by atoms with Crippen LogP contribution < -0.4 is 9.47 Å². The van der Waals surface area contributed by atoms with Crippen molar-refractivity contribution in [1.29, 1.82) is 0 Å². The molecule has 0 radical (unpaired) electrons. The molecule has 3 atom stereocenters. The smallest absolute Gasteiger partial charge is 0.164 e. The molecule has 1 aromatic rings. The second-order valence-corrected chi connectivity index (χ2v) is 4.33. The Hall–Kier alpha value is -1.22. The number of aliphatic hydroxyl groups excluding tert-OH is 1. The maximum Gasteiger partial charge on any atom is 0.164 e. The third-order valence-corrected chi connectivity index (χ3v) is 3.29. The van der Waals surface area contributed by atoms with E-state index in [1.165, 1.54) is 0 Å². The van der Waals surface area contributed by atoms with Crippen molar-refractivity contribution < 1.29 is 14.6 Å². The van der Waals surface area contributed by atoms with E-state index in [2.05, 4.69) is 6.07 Å². The summed E-state index contributed by atoms with van der Waals surface area (Å²) >= 11 is 0. The summed E-state index contributed by atoms with van der Waals surface area (Å²) < 4.78 is 10.7. The molecule has 3 heteroatoms. The van der Waals surface area contributed by atoms with Crippen LogP contribution in [0.1, 0.15) is 24.8 Å². The summed E-state index contributed by atoms with van der Waals surface area (Å²) in [7, 11) is 3.29. The molecular formula is C13H18O3. The highest BCUT2D eigenvalue weighted by Crippen LogP contribution is 2.53. The van der Waals surface area contributed by atoms with E-state index in [9.17, 15) is 5.11 Å². The van der Waals surface area contributed by atoms with Crippen LogP contribution in [0.3, 0.4) is 0 Å². The Morgan fingerprint density at radius 1 is 1.31 bits per heavy atom. The van der Waals surface area contributed by atoms with Crippen LogP contribution in [-0.4, -0.2) is 25.4 Å². The number of aliphatic hydroxyl groups is 1. The number of hydrogen-bond donors (Lipinski definition) is 1. The van der Waals surface area contributed by atoms with Gasteiger partial charge in [-0.25, -0.2) is 0 Å². The second kappa shape index (κ2) is 4.34. The average molecular weight is 222 g/mol. The van der Waals surface area contributed by atoms with Gasteiger partial charge in [0.05, 0.1) is 20.3 Å². The molecule has 1 aliphatic rings. The molecular weight excluding hydrogens is 204 g/mol. The Bertz CT molecular complexity index is 373. The second-order valence-electron chi connectivity index (χ2n) is 4.33. The first-order valence-electron chi connectivity index (χ1n) is 5.58. The lowest BCUT2D eigenvalue weighted by atomic mass is 10.1. The van der Waals surface area contributed by atoms with Crippen molar-refractivity contribution in [2.45, 2.75) is 25.4 Å². The van der Waals surface area contributed by atoms with Crippen molar-refractivity contribution in [2.75, 3.05) is 14.2 Å². The number of methoxy groups -OCH3 is 2. The zero-order chi connectivity index (χ0) is 11.7. The molecule has 0 spiro atoms. The van der Waals surface area contributed by atoms with Crippen LogP contribution in [0.4, 0.5) is 0 Å². The Labute approximate surface area is 96.0 Å². The molecule has 1 aromatic carbocycles. The average Bonchev–Trinajstić information content (AvgIpc) is 3.07. The van der Waals surface area contributed by atoms with Gasteiger partial charge in [-0.2, -0.15) is 0 Å². The lowest BCUT2D eigenvalue weighted by Crippen LogP contribution is -2.04. The molecule has 0 aromatic heterocycles. The fourth-order valence-corrected chi connectivity index (χ4v) is 2.31. The fourth-order valence-electron chi connectivity index (χ4n) is 2.31. The van der Waals surface area contributed by atoms with Gasteiger partial charge in [-0.3, -0.25) is 0 Å². The van der Waals surface area contributed by atoms with E-state index in [1.807, 2.05) is 19.1 Å². The number of benzene rings is 1. The number of hydrogen-bond acceptors (Lipinski definition) is 3. The maximum absolute atomic E-state index is 9.54. The molecule has 0 saturated heterocycles. The molecule has 1 saturated carbocycles. The molecule has 1 aliphatic carbocycles. The summed E-state index contributed by atoms with van der Waals surface area (Å²) in [5, 5.41) is 9.54. The van der Waals surface area contributed by atoms with Crippen LogP contribution in [0.2, 0.25) is 0 Å². The monoisotopic (exact) mass is 222 g/mol. The van der Waals surface area contributed by atoms with Crippen LogP contribution in [0, 0.1) is 5.92 Å². The van der Waals surface area contributed by atoms with Gasteiger partial charge in [0.1, 0.15) is 0 Å². The van der Waals surface area contributed by atoms with Gasteiger partial charge in [0.2, 0.25) is 0 Å². The van der Waals surface area contributed by atoms with E-state index < -0.39 is 0 Å². The van der Waals surface area contributed by atoms with Crippen molar-refractivity contribution >= 4 is 0 Å². The predicted octanol–water partition coefficient (Wildman–Crippen LogP) is 2.19. The molecule has 1 fully saturated rings. The molecule has 1 N–H and O–H groups in total. The van der Waals surface area contributed by atoms with Crippen molar-refractivity contribution in [3.63, 3.8) is 0 Å². The summed E-state index contributed by atoms with van der Waals surface area (Å²) in [6.07, 6.45) is 0.780. The van der Waals surface area contributed by atoms with Crippen molar-refractivity contribution in [3.05, 3.63) is 23.8 Å². The van der Waals surface area contributed by atoms with E-state index in [1.54, 1.807) is 14.2 Å². The minimum Gasteiger partial charge on any atom is -0.493 e. The Kier molecular flexibility index (Phi) is 3.06. The Balaban J connectivity index is 2.28. The van der Waals surface area contributed by atoms with Crippen LogP contribution in [0.15, 0.2) is 18.2 Å². The first-order valence-corrected chi connectivity index (χ1v) is 5.58. The molecule has 3 unspecified atom stereocenters.